The SMILES string of the molecule is CC(C)(C)c1cc(NC(=O)c2csc(-c3ccco3)n2)n(-c2ccccn2)n1. The number of hydrogen-bond acceptors (Lipinski definition) is 6. The van der Waals surface area contributed by atoms with Crippen molar-refractivity contribution < 1.29 is 9.21 Å². The van der Waals surface area contributed by atoms with Gasteiger partial charge in [-0.2, -0.15) is 9.78 Å². The topological polar surface area (TPSA) is 85.8 Å². The molecule has 0 saturated heterocycles. The number of anilines is 1. The molecule has 0 bridgehead atoms. The highest BCUT2D eigenvalue weighted by molar-refractivity contribution is 7.13. The molecule has 1 N–H and O–H groups in total. The Balaban J connectivity index is 1.65. The molecule has 8 heteroatoms. The van der Waals surface area contributed by atoms with Crippen LogP contribution in [0.3, 0.4) is 0 Å². The van der Waals surface area contributed by atoms with Crippen LogP contribution in [-0.4, -0.2) is 25.7 Å². The molecule has 4 aromatic rings. The first-order chi connectivity index (χ1) is 13.4. The van der Waals surface area contributed by atoms with Gasteiger partial charge in [0, 0.05) is 23.1 Å². The lowest BCUT2D eigenvalue weighted by atomic mass is 9.92. The van der Waals surface area contributed by atoms with E-state index in [2.05, 4.69) is 41.2 Å². The van der Waals surface area contributed by atoms with Crippen LogP contribution in [0.15, 0.2) is 58.7 Å². The van der Waals surface area contributed by atoms with E-state index < -0.39 is 0 Å². The molecule has 0 fully saturated rings. The highest BCUT2D eigenvalue weighted by Crippen LogP contribution is 2.27. The maximum Gasteiger partial charge on any atom is 0.276 e. The van der Waals surface area contributed by atoms with E-state index in [9.17, 15) is 4.79 Å². The number of hydrogen-bond donors (Lipinski definition) is 1. The molecule has 0 atom stereocenters. The van der Waals surface area contributed by atoms with Crippen LogP contribution in [0.5, 0.6) is 0 Å². The lowest BCUT2D eigenvalue weighted by Gasteiger charge is -2.13. The van der Waals surface area contributed by atoms with Crippen LogP contribution < -0.4 is 5.32 Å². The summed E-state index contributed by atoms with van der Waals surface area (Å²) in [6, 6.07) is 11.0. The van der Waals surface area contributed by atoms with Crippen molar-refractivity contribution in [2.24, 2.45) is 0 Å². The van der Waals surface area contributed by atoms with E-state index in [-0.39, 0.29) is 11.3 Å². The third kappa shape index (κ3) is 3.59. The van der Waals surface area contributed by atoms with Crippen molar-refractivity contribution in [3.05, 3.63) is 65.6 Å². The number of furan rings is 1. The van der Waals surface area contributed by atoms with Crippen LogP contribution in [0.4, 0.5) is 5.82 Å². The van der Waals surface area contributed by atoms with E-state index in [4.69, 9.17) is 4.42 Å². The molecule has 0 spiro atoms. The van der Waals surface area contributed by atoms with Crippen LogP contribution >= 0.6 is 11.3 Å². The van der Waals surface area contributed by atoms with E-state index in [1.807, 2.05) is 30.3 Å². The van der Waals surface area contributed by atoms with Gasteiger partial charge in [-0.1, -0.05) is 26.8 Å². The largest absolute Gasteiger partial charge is 0.462 e. The van der Waals surface area contributed by atoms with Crippen molar-refractivity contribution in [1.82, 2.24) is 19.7 Å². The minimum atomic E-state index is -0.313. The summed E-state index contributed by atoms with van der Waals surface area (Å²) in [5.41, 5.74) is 0.998. The van der Waals surface area contributed by atoms with E-state index >= 15 is 0 Å². The Kier molecular flexibility index (Phi) is 4.56. The lowest BCUT2D eigenvalue weighted by Crippen LogP contribution is -2.16. The van der Waals surface area contributed by atoms with Crippen molar-refractivity contribution in [2.45, 2.75) is 26.2 Å². The zero-order valence-corrected chi connectivity index (χ0v) is 16.5. The summed E-state index contributed by atoms with van der Waals surface area (Å²) in [5, 5.41) is 9.93. The first kappa shape index (κ1) is 18.1. The summed E-state index contributed by atoms with van der Waals surface area (Å²) in [6.45, 7) is 6.21. The zero-order valence-electron chi connectivity index (χ0n) is 15.7. The molecule has 4 heterocycles. The Morgan fingerprint density at radius 1 is 1.21 bits per heavy atom. The molecule has 4 rings (SSSR count). The molecule has 0 saturated carbocycles. The van der Waals surface area contributed by atoms with Crippen molar-refractivity contribution >= 4 is 23.1 Å². The number of pyridine rings is 1. The van der Waals surface area contributed by atoms with Crippen molar-refractivity contribution in [3.8, 4) is 16.6 Å². The maximum atomic E-state index is 12.8. The number of rotatable bonds is 4. The number of thiazole rings is 1. The Labute approximate surface area is 166 Å². The second-order valence-corrected chi connectivity index (χ2v) is 8.09. The average molecular weight is 393 g/mol. The summed E-state index contributed by atoms with van der Waals surface area (Å²) in [5.74, 6) is 1.49. The van der Waals surface area contributed by atoms with Crippen LogP contribution in [-0.2, 0) is 5.41 Å². The predicted molar refractivity (Wildman–Crippen MR) is 108 cm³/mol. The van der Waals surface area contributed by atoms with Gasteiger partial charge in [-0.15, -0.1) is 11.3 Å². The molecule has 0 radical (unpaired) electrons. The molecule has 0 aliphatic rings. The molecule has 7 nitrogen and oxygen atoms in total. The minimum Gasteiger partial charge on any atom is -0.462 e. The number of carbonyl (C=O) groups is 1. The molecule has 4 aromatic heterocycles. The molecule has 142 valence electrons. The Bertz CT molecular complexity index is 1090. The number of aromatic nitrogens is 4. The van der Waals surface area contributed by atoms with Gasteiger partial charge in [-0.3, -0.25) is 4.79 Å². The van der Waals surface area contributed by atoms with E-state index in [0.29, 0.717) is 28.1 Å². The van der Waals surface area contributed by atoms with Crippen LogP contribution in [0, 0.1) is 0 Å². The zero-order chi connectivity index (χ0) is 19.7. The number of amides is 1. The van der Waals surface area contributed by atoms with E-state index in [1.54, 1.807) is 28.6 Å². The standard InChI is InChI=1S/C20H19N5O2S/c1-20(2,3)15-11-17(25(24-15)16-8-4-5-9-21-16)23-18(26)13-12-28-19(22-13)14-7-6-10-27-14/h4-12H,1-3H3,(H,23,26). The van der Waals surface area contributed by atoms with Gasteiger partial charge in [-0.05, 0) is 24.3 Å². The van der Waals surface area contributed by atoms with Gasteiger partial charge >= 0.3 is 0 Å². The monoisotopic (exact) mass is 393 g/mol. The second-order valence-electron chi connectivity index (χ2n) is 7.23. The summed E-state index contributed by atoms with van der Waals surface area (Å²) >= 11 is 1.36. The fourth-order valence-corrected chi connectivity index (χ4v) is 3.33. The van der Waals surface area contributed by atoms with Gasteiger partial charge in [0.25, 0.3) is 5.91 Å². The van der Waals surface area contributed by atoms with Gasteiger partial charge in [-0.25, -0.2) is 9.97 Å². The quantitative estimate of drug-likeness (QED) is 0.550. The van der Waals surface area contributed by atoms with E-state index in [1.165, 1.54) is 11.3 Å². The molecule has 0 aromatic carbocycles. The van der Waals surface area contributed by atoms with Crippen LogP contribution in [0.1, 0.15) is 37.0 Å². The molecule has 0 unspecified atom stereocenters. The highest BCUT2D eigenvalue weighted by Gasteiger charge is 2.23. The smallest absolute Gasteiger partial charge is 0.276 e. The molecule has 1 amide bonds. The predicted octanol–water partition coefficient (Wildman–Crippen LogP) is 4.53. The average Bonchev–Trinajstić information content (AvgIpc) is 3.41. The van der Waals surface area contributed by atoms with Crippen molar-refractivity contribution in [3.63, 3.8) is 0 Å². The Morgan fingerprint density at radius 3 is 2.75 bits per heavy atom. The molecule has 0 aliphatic carbocycles. The normalized spacial score (nSPS) is 11.5. The first-order valence-electron chi connectivity index (χ1n) is 8.74. The lowest BCUT2D eigenvalue weighted by molar-refractivity contribution is 0.102. The molecular weight excluding hydrogens is 374 g/mol. The summed E-state index contributed by atoms with van der Waals surface area (Å²) < 4.78 is 6.98. The van der Waals surface area contributed by atoms with Gasteiger partial charge in [0.15, 0.2) is 16.6 Å². The number of nitrogens with one attached hydrogen (secondary N) is 1. The Morgan fingerprint density at radius 2 is 2.07 bits per heavy atom. The summed E-state index contributed by atoms with van der Waals surface area (Å²) in [4.78, 5) is 21.5. The van der Waals surface area contributed by atoms with Crippen LogP contribution in [0.2, 0.25) is 0 Å². The molecule has 0 aliphatic heterocycles. The summed E-state index contributed by atoms with van der Waals surface area (Å²) in [7, 11) is 0. The number of carbonyl (C=O) groups excluding carboxylic acids is 1. The van der Waals surface area contributed by atoms with Crippen molar-refractivity contribution in [1.29, 1.82) is 0 Å². The van der Waals surface area contributed by atoms with Gasteiger partial charge in [0.2, 0.25) is 0 Å². The fourth-order valence-electron chi connectivity index (χ4n) is 2.56. The maximum absolute atomic E-state index is 12.8. The van der Waals surface area contributed by atoms with Crippen molar-refractivity contribution in [2.75, 3.05) is 5.32 Å². The summed E-state index contributed by atoms with van der Waals surface area (Å²) in [6.07, 6.45) is 3.27. The van der Waals surface area contributed by atoms with Gasteiger partial charge in [0.05, 0.1) is 12.0 Å². The Hall–Kier alpha value is -3.26. The number of nitrogens with zero attached hydrogens (tertiary/aromatic N) is 4. The van der Waals surface area contributed by atoms with Gasteiger partial charge < -0.3 is 9.73 Å². The third-order valence-corrected chi connectivity index (χ3v) is 4.91. The fraction of sp³-hybridized carbons (Fsp3) is 0.200. The third-order valence-electron chi connectivity index (χ3n) is 4.05. The van der Waals surface area contributed by atoms with Gasteiger partial charge in [0.1, 0.15) is 11.5 Å². The first-order valence-corrected chi connectivity index (χ1v) is 9.62. The molecule has 28 heavy (non-hydrogen) atoms. The van der Waals surface area contributed by atoms with E-state index in [0.717, 1.165) is 5.69 Å². The highest BCUT2D eigenvalue weighted by atomic mass is 32.1. The second kappa shape index (κ2) is 7.05. The minimum absolute atomic E-state index is 0.174. The van der Waals surface area contributed by atoms with Crippen LogP contribution in [0.25, 0.3) is 16.6 Å². The molecular formula is C20H19N5O2S.